The third kappa shape index (κ3) is 7.61. The fourth-order valence-corrected chi connectivity index (χ4v) is 7.86. The second kappa shape index (κ2) is 14.6. The summed E-state index contributed by atoms with van der Waals surface area (Å²) in [4.78, 5) is 61.7. The molecule has 0 spiro atoms. The van der Waals surface area contributed by atoms with Crippen LogP contribution < -0.4 is 10.6 Å². The molecule has 1 atom stereocenters. The predicted molar refractivity (Wildman–Crippen MR) is 178 cm³/mol. The summed E-state index contributed by atoms with van der Waals surface area (Å²) in [5.41, 5.74) is 2.14. The minimum atomic E-state index is -1.02. The summed E-state index contributed by atoms with van der Waals surface area (Å²) in [5, 5.41) is 6.43. The van der Waals surface area contributed by atoms with Crippen LogP contribution in [0.2, 0.25) is 10.0 Å². The average molecular weight is 670 g/mol. The van der Waals surface area contributed by atoms with E-state index in [1.807, 2.05) is 29.2 Å². The Morgan fingerprint density at radius 1 is 0.826 bits per heavy atom. The van der Waals surface area contributed by atoms with Crippen LogP contribution in [-0.4, -0.2) is 101 Å². The van der Waals surface area contributed by atoms with Crippen molar-refractivity contribution in [2.75, 3.05) is 44.6 Å². The van der Waals surface area contributed by atoms with E-state index in [4.69, 9.17) is 23.2 Å². The van der Waals surface area contributed by atoms with Gasteiger partial charge in [-0.05, 0) is 81.4 Å². The molecule has 2 aromatic carbocycles. The Bertz CT molecular complexity index is 1430. The van der Waals surface area contributed by atoms with Gasteiger partial charge in [0, 0.05) is 66.1 Å². The van der Waals surface area contributed by atoms with E-state index in [0.29, 0.717) is 61.7 Å². The fourth-order valence-electron chi connectivity index (χ4n) is 7.33. The van der Waals surface area contributed by atoms with Gasteiger partial charge in [-0.15, -0.1) is 0 Å². The lowest BCUT2D eigenvalue weighted by Gasteiger charge is -2.41. The number of urea groups is 1. The number of rotatable bonds is 7. The Morgan fingerprint density at radius 2 is 1.46 bits per heavy atom. The molecule has 4 aliphatic heterocycles. The first-order valence-corrected chi connectivity index (χ1v) is 17.2. The number of amides is 5. The maximum absolute atomic E-state index is 13.9. The van der Waals surface area contributed by atoms with Gasteiger partial charge in [-0.25, -0.2) is 4.79 Å². The molecule has 5 amide bonds. The topological polar surface area (TPSA) is 105 Å². The van der Waals surface area contributed by atoms with Crippen molar-refractivity contribution in [3.8, 4) is 0 Å². The molecule has 0 bridgehead atoms. The van der Waals surface area contributed by atoms with Gasteiger partial charge in [0.15, 0.2) is 0 Å². The second-order valence-corrected chi connectivity index (χ2v) is 13.7. The van der Waals surface area contributed by atoms with Crippen LogP contribution in [0.1, 0.15) is 67.3 Å². The van der Waals surface area contributed by atoms with Crippen LogP contribution >= 0.6 is 23.2 Å². The largest absolute Gasteiger partial charge is 0.342 e. The average Bonchev–Trinajstić information content (AvgIpc) is 3.07. The molecule has 0 aromatic heterocycles. The molecule has 4 heterocycles. The number of halogens is 2. The standard InChI is InChI=1S/C34H42Cl2N6O4/c35-25-18-24(19-26(36)20-25)32(44)37-30(33(45)41-16-8-27(9-17-41)39-12-4-1-5-13-39)21-31(43)40-14-10-28(11-15-40)42-22-23-6-2-3-7-29(23)38-34(42)46/h2-3,6-7,18-20,27-28,30H,1,4-5,8-17,21-22H2,(H,37,44)(H,38,46)/t30-/m0/s1. The molecule has 4 aliphatic rings. The number of anilines is 1. The summed E-state index contributed by atoms with van der Waals surface area (Å²) in [6, 6.07) is 11.6. The first-order valence-electron chi connectivity index (χ1n) is 16.5. The summed E-state index contributed by atoms with van der Waals surface area (Å²) in [5.74, 6) is -0.947. The highest BCUT2D eigenvalue weighted by atomic mass is 35.5. The lowest BCUT2D eigenvalue weighted by molar-refractivity contribution is -0.140. The van der Waals surface area contributed by atoms with Gasteiger partial charge < -0.3 is 30.2 Å². The number of fused-ring (bicyclic) bond motifs is 1. The van der Waals surface area contributed by atoms with Crippen molar-refractivity contribution < 1.29 is 19.2 Å². The number of hydrogen-bond donors (Lipinski definition) is 2. The fraction of sp³-hybridized carbons (Fsp3) is 0.529. The molecular weight excluding hydrogens is 627 g/mol. The van der Waals surface area contributed by atoms with Crippen LogP contribution in [-0.2, 0) is 16.1 Å². The molecule has 6 rings (SSSR count). The van der Waals surface area contributed by atoms with E-state index in [2.05, 4.69) is 15.5 Å². The molecule has 10 nitrogen and oxygen atoms in total. The summed E-state index contributed by atoms with van der Waals surface area (Å²) >= 11 is 12.3. The van der Waals surface area contributed by atoms with Gasteiger partial charge in [-0.2, -0.15) is 0 Å². The van der Waals surface area contributed by atoms with Crippen LogP contribution in [0.5, 0.6) is 0 Å². The SMILES string of the molecule is O=C(N[C@@H](CC(=O)N1CCC(N2Cc3ccccc3NC2=O)CC1)C(=O)N1CCC(N2CCCCC2)CC1)c1cc(Cl)cc(Cl)c1. The van der Waals surface area contributed by atoms with Crippen molar-refractivity contribution >= 4 is 52.6 Å². The smallest absolute Gasteiger partial charge is 0.322 e. The third-order valence-electron chi connectivity index (χ3n) is 9.91. The van der Waals surface area contributed by atoms with Crippen LogP contribution in [0, 0.1) is 0 Å². The Balaban J connectivity index is 1.09. The van der Waals surface area contributed by atoms with E-state index in [9.17, 15) is 19.2 Å². The van der Waals surface area contributed by atoms with Crippen molar-refractivity contribution in [3.63, 3.8) is 0 Å². The Kier molecular flexibility index (Phi) is 10.4. The Morgan fingerprint density at radius 3 is 2.15 bits per heavy atom. The monoisotopic (exact) mass is 668 g/mol. The second-order valence-electron chi connectivity index (χ2n) is 12.9. The third-order valence-corrected chi connectivity index (χ3v) is 10.3. The highest BCUT2D eigenvalue weighted by Gasteiger charge is 2.36. The highest BCUT2D eigenvalue weighted by Crippen LogP contribution is 2.28. The number of likely N-dealkylation sites (tertiary alicyclic amines) is 3. The molecule has 0 saturated carbocycles. The zero-order valence-corrected chi connectivity index (χ0v) is 27.6. The normalized spacial score (nSPS) is 20.6. The summed E-state index contributed by atoms with van der Waals surface area (Å²) in [7, 11) is 0. The number of para-hydroxylation sites is 1. The maximum atomic E-state index is 13.9. The van der Waals surface area contributed by atoms with E-state index < -0.39 is 11.9 Å². The lowest BCUT2D eigenvalue weighted by Crippen LogP contribution is -2.55. The number of nitrogens with zero attached hydrogens (tertiary/aromatic N) is 4. The van der Waals surface area contributed by atoms with Crippen molar-refractivity contribution in [1.29, 1.82) is 0 Å². The van der Waals surface area contributed by atoms with E-state index in [1.54, 1.807) is 9.80 Å². The summed E-state index contributed by atoms with van der Waals surface area (Å²) in [6.07, 6.45) is 6.61. The van der Waals surface area contributed by atoms with Crippen molar-refractivity contribution in [1.82, 2.24) is 24.9 Å². The summed E-state index contributed by atoms with van der Waals surface area (Å²) < 4.78 is 0. The van der Waals surface area contributed by atoms with E-state index in [1.165, 1.54) is 37.5 Å². The first kappa shape index (κ1) is 32.6. The van der Waals surface area contributed by atoms with Gasteiger partial charge in [0.05, 0.1) is 6.42 Å². The van der Waals surface area contributed by atoms with Gasteiger partial charge >= 0.3 is 6.03 Å². The number of piperidine rings is 3. The number of carbonyl (C=O) groups is 4. The molecule has 2 aromatic rings. The molecule has 46 heavy (non-hydrogen) atoms. The lowest BCUT2D eigenvalue weighted by atomic mass is 9.98. The van der Waals surface area contributed by atoms with E-state index >= 15 is 0 Å². The number of nitrogens with one attached hydrogen (secondary N) is 2. The molecule has 0 unspecified atom stereocenters. The Labute approximate surface area is 280 Å². The zero-order valence-electron chi connectivity index (χ0n) is 26.1. The van der Waals surface area contributed by atoms with E-state index in [-0.39, 0.29) is 35.9 Å². The van der Waals surface area contributed by atoms with Crippen molar-refractivity contribution in [3.05, 3.63) is 63.6 Å². The minimum Gasteiger partial charge on any atom is -0.342 e. The van der Waals surface area contributed by atoms with Crippen LogP contribution in [0.15, 0.2) is 42.5 Å². The molecule has 0 aliphatic carbocycles. The van der Waals surface area contributed by atoms with Crippen LogP contribution in [0.4, 0.5) is 10.5 Å². The van der Waals surface area contributed by atoms with Gasteiger partial charge in [-0.1, -0.05) is 47.8 Å². The van der Waals surface area contributed by atoms with Crippen LogP contribution in [0.25, 0.3) is 0 Å². The molecule has 2 N–H and O–H groups in total. The van der Waals surface area contributed by atoms with Gasteiger partial charge in [0.1, 0.15) is 6.04 Å². The van der Waals surface area contributed by atoms with Gasteiger partial charge in [-0.3, -0.25) is 14.4 Å². The number of benzene rings is 2. The van der Waals surface area contributed by atoms with E-state index in [0.717, 1.165) is 37.2 Å². The molecular formula is C34H42Cl2N6O4. The molecule has 3 saturated heterocycles. The number of hydrogen-bond acceptors (Lipinski definition) is 5. The zero-order chi connectivity index (χ0) is 32.2. The van der Waals surface area contributed by atoms with Gasteiger partial charge in [0.2, 0.25) is 11.8 Å². The number of carbonyl (C=O) groups excluding carboxylic acids is 4. The highest BCUT2D eigenvalue weighted by molar-refractivity contribution is 6.35. The molecule has 12 heteroatoms. The molecule has 246 valence electrons. The molecule has 0 radical (unpaired) electrons. The first-order chi connectivity index (χ1) is 22.2. The quantitative estimate of drug-likeness (QED) is 0.432. The molecule has 3 fully saturated rings. The maximum Gasteiger partial charge on any atom is 0.322 e. The van der Waals surface area contributed by atoms with Crippen LogP contribution in [0.3, 0.4) is 0 Å². The predicted octanol–water partition coefficient (Wildman–Crippen LogP) is 5.00. The van der Waals surface area contributed by atoms with Crippen molar-refractivity contribution in [2.45, 2.75) is 76.0 Å². The Hall–Kier alpha value is -3.34. The van der Waals surface area contributed by atoms with Crippen molar-refractivity contribution in [2.24, 2.45) is 0 Å². The van der Waals surface area contributed by atoms with Gasteiger partial charge in [0.25, 0.3) is 5.91 Å². The minimum absolute atomic E-state index is 0.00307. The summed E-state index contributed by atoms with van der Waals surface area (Å²) in [6.45, 7) is 4.88.